The Labute approximate surface area is 110 Å². The Kier molecular flexibility index (Phi) is 5.35. The van der Waals surface area contributed by atoms with E-state index in [4.69, 9.17) is 5.73 Å². The van der Waals surface area contributed by atoms with Crippen LogP contribution in [0.15, 0.2) is 18.2 Å². The summed E-state index contributed by atoms with van der Waals surface area (Å²) >= 11 is 0. The van der Waals surface area contributed by atoms with Crippen molar-refractivity contribution in [2.24, 2.45) is 11.7 Å². The van der Waals surface area contributed by atoms with Gasteiger partial charge in [0.2, 0.25) is 5.91 Å². The molecule has 0 aliphatic heterocycles. The van der Waals surface area contributed by atoms with E-state index in [-0.39, 0.29) is 5.91 Å². The van der Waals surface area contributed by atoms with Gasteiger partial charge in [-0.15, -0.1) is 0 Å². The number of hydrogen-bond donors (Lipinski definition) is 1. The molecule has 2 N–H and O–H groups in total. The molecule has 1 rings (SSSR count). The van der Waals surface area contributed by atoms with Crippen LogP contribution in [0.2, 0.25) is 0 Å². The maximum Gasteiger partial charge on any atom is 0.227 e. The normalized spacial score (nSPS) is 10.8. The van der Waals surface area contributed by atoms with Crippen LogP contribution in [0.1, 0.15) is 31.4 Å². The predicted molar refractivity (Wildman–Crippen MR) is 76.8 cm³/mol. The molecule has 0 heterocycles. The molecule has 0 bridgehead atoms. The van der Waals surface area contributed by atoms with Crippen LogP contribution in [0.25, 0.3) is 0 Å². The number of carbonyl (C=O) groups excluding carboxylic acids is 1. The van der Waals surface area contributed by atoms with Gasteiger partial charge in [-0.3, -0.25) is 4.79 Å². The number of rotatable bonds is 5. The molecule has 0 spiro atoms. The summed E-state index contributed by atoms with van der Waals surface area (Å²) in [4.78, 5) is 14.0. The molecule has 0 aliphatic rings. The van der Waals surface area contributed by atoms with Crippen molar-refractivity contribution in [2.75, 3.05) is 18.0 Å². The highest BCUT2D eigenvalue weighted by atomic mass is 16.2. The zero-order valence-corrected chi connectivity index (χ0v) is 11.9. The van der Waals surface area contributed by atoms with E-state index < -0.39 is 0 Å². The maximum atomic E-state index is 12.2. The third kappa shape index (κ3) is 4.15. The fraction of sp³-hybridized carbons (Fsp3) is 0.533. The summed E-state index contributed by atoms with van der Waals surface area (Å²) in [6.45, 7) is 9.26. The molecule has 18 heavy (non-hydrogen) atoms. The number of amides is 1. The molecule has 1 aromatic carbocycles. The fourth-order valence-electron chi connectivity index (χ4n) is 2.09. The lowest BCUT2D eigenvalue weighted by Crippen LogP contribution is -2.36. The van der Waals surface area contributed by atoms with Crippen molar-refractivity contribution in [2.45, 2.75) is 34.1 Å². The van der Waals surface area contributed by atoms with Crippen LogP contribution in [0.4, 0.5) is 5.69 Å². The number of nitrogens with zero attached hydrogens (tertiary/aromatic N) is 1. The lowest BCUT2D eigenvalue weighted by Gasteiger charge is -2.24. The maximum absolute atomic E-state index is 12.2. The lowest BCUT2D eigenvalue weighted by atomic mass is 10.1. The van der Waals surface area contributed by atoms with E-state index in [2.05, 4.69) is 19.9 Å². The first-order valence-corrected chi connectivity index (χ1v) is 6.52. The van der Waals surface area contributed by atoms with E-state index in [0.29, 0.717) is 25.4 Å². The molecular formula is C15H24N2O. The second kappa shape index (κ2) is 6.55. The first kappa shape index (κ1) is 14.7. The summed E-state index contributed by atoms with van der Waals surface area (Å²) in [6.07, 6.45) is 0.562. The molecule has 1 aromatic rings. The molecule has 3 nitrogen and oxygen atoms in total. The van der Waals surface area contributed by atoms with E-state index in [0.717, 1.165) is 5.69 Å². The van der Waals surface area contributed by atoms with Gasteiger partial charge in [0.25, 0.3) is 0 Å². The second-order valence-corrected chi connectivity index (χ2v) is 5.28. The zero-order chi connectivity index (χ0) is 13.7. The first-order valence-electron chi connectivity index (χ1n) is 6.52. The van der Waals surface area contributed by atoms with Gasteiger partial charge in [0.15, 0.2) is 0 Å². The first-order chi connectivity index (χ1) is 8.43. The zero-order valence-electron chi connectivity index (χ0n) is 11.9. The van der Waals surface area contributed by atoms with E-state index >= 15 is 0 Å². The summed E-state index contributed by atoms with van der Waals surface area (Å²) in [5, 5.41) is 0. The number of hydrogen-bond acceptors (Lipinski definition) is 2. The van der Waals surface area contributed by atoms with E-state index in [1.807, 2.05) is 26.0 Å². The van der Waals surface area contributed by atoms with Gasteiger partial charge in [0.1, 0.15) is 0 Å². The van der Waals surface area contributed by atoms with Crippen LogP contribution in [0, 0.1) is 19.8 Å². The van der Waals surface area contributed by atoms with E-state index in [1.165, 1.54) is 11.1 Å². The highest BCUT2D eigenvalue weighted by Crippen LogP contribution is 2.20. The average molecular weight is 248 g/mol. The number of nitrogens with two attached hydrogens (primary N) is 1. The third-order valence-electron chi connectivity index (χ3n) is 2.75. The van der Waals surface area contributed by atoms with Gasteiger partial charge in [0, 0.05) is 25.2 Å². The molecule has 0 atom stereocenters. The van der Waals surface area contributed by atoms with Gasteiger partial charge in [-0.1, -0.05) is 19.9 Å². The highest BCUT2D eigenvalue weighted by Gasteiger charge is 2.16. The van der Waals surface area contributed by atoms with Gasteiger partial charge in [0.05, 0.1) is 0 Å². The van der Waals surface area contributed by atoms with Crippen LogP contribution in [-0.2, 0) is 4.79 Å². The van der Waals surface area contributed by atoms with Crippen LogP contribution >= 0.6 is 0 Å². The molecule has 0 saturated heterocycles. The van der Waals surface area contributed by atoms with Crippen molar-refractivity contribution in [3.05, 3.63) is 29.3 Å². The molecule has 3 heteroatoms. The molecular weight excluding hydrogens is 224 g/mol. The molecule has 1 amide bonds. The molecule has 100 valence electrons. The quantitative estimate of drug-likeness (QED) is 0.870. The Bertz CT molecular complexity index is 393. The molecule has 0 radical (unpaired) electrons. The molecule has 0 fully saturated rings. The van der Waals surface area contributed by atoms with Gasteiger partial charge >= 0.3 is 0 Å². The van der Waals surface area contributed by atoms with Crippen LogP contribution < -0.4 is 10.6 Å². The summed E-state index contributed by atoms with van der Waals surface area (Å²) in [6, 6.07) is 6.19. The largest absolute Gasteiger partial charge is 0.329 e. The SMILES string of the molecule is Cc1cc(C)cc(N(CCN)C(=O)CC(C)C)c1. The Morgan fingerprint density at radius 2 is 1.78 bits per heavy atom. The monoisotopic (exact) mass is 248 g/mol. The Balaban J connectivity index is 2.99. The lowest BCUT2D eigenvalue weighted by molar-refractivity contribution is -0.119. The smallest absolute Gasteiger partial charge is 0.227 e. The minimum absolute atomic E-state index is 0.153. The minimum Gasteiger partial charge on any atom is -0.329 e. The number of anilines is 1. The molecule has 0 unspecified atom stereocenters. The highest BCUT2D eigenvalue weighted by molar-refractivity contribution is 5.93. The van der Waals surface area contributed by atoms with Crippen LogP contribution in [0.5, 0.6) is 0 Å². The molecule has 0 aromatic heterocycles. The van der Waals surface area contributed by atoms with Crippen molar-refractivity contribution >= 4 is 11.6 Å². The van der Waals surface area contributed by atoms with Crippen molar-refractivity contribution in [1.82, 2.24) is 0 Å². The molecule has 0 aliphatic carbocycles. The fourth-order valence-corrected chi connectivity index (χ4v) is 2.09. The predicted octanol–water partition coefficient (Wildman–Crippen LogP) is 2.64. The van der Waals surface area contributed by atoms with Gasteiger partial charge in [-0.05, 0) is 43.0 Å². The standard InChI is InChI=1S/C15H24N2O/c1-11(2)7-15(18)17(6-5-16)14-9-12(3)8-13(4)10-14/h8-11H,5-7,16H2,1-4H3. The summed E-state index contributed by atoms with van der Waals surface area (Å²) < 4.78 is 0. The van der Waals surface area contributed by atoms with Gasteiger partial charge in [-0.25, -0.2) is 0 Å². The Hall–Kier alpha value is -1.35. The van der Waals surface area contributed by atoms with Gasteiger partial charge < -0.3 is 10.6 Å². The Morgan fingerprint density at radius 3 is 2.22 bits per heavy atom. The minimum atomic E-state index is 0.153. The topological polar surface area (TPSA) is 46.3 Å². The van der Waals surface area contributed by atoms with Crippen molar-refractivity contribution in [3.8, 4) is 0 Å². The van der Waals surface area contributed by atoms with Crippen molar-refractivity contribution in [3.63, 3.8) is 0 Å². The average Bonchev–Trinajstić information content (AvgIpc) is 2.23. The third-order valence-corrected chi connectivity index (χ3v) is 2.75. The van der Waals surface area contributed by atoms with E-state index in [1.54, 1.807) is 4.90 Å². The van der Waals surface area contributed by atoms with E-state index in [9.17, 15) is 4.79 Å². The Morgan fingerprint density at radius 1 is 1.22 bits per heavy atom. The summed E-state index contributed by atoms with van der Waals surface area (Å²) in [5.41, 5.74) is 8.92. The van der Waals surface area contributed by atoms with Gasteiger partial charge in [-0.2, -0.15) is 0 Å². The second-order valence-electron chi connectivity index (χ2n) is 5.28. The summed E-state index contributed by atoms with van der Waals surface area (Å²) in [7, 11) is 0. The van der Waals surface area contributed by atoms with Crippen molar-refractivity contribution in [1.29, 1.82) is 0 Å². The molecule has 0 saturated carbocycles. The van der Waals surface area contributed by atoms with Crippen LogP contribution in [-0.4, -0.2) is 19.0 Å². The number of aryl methyl sites for hydroxylation is 2. The van der Waals surface area contributed by atoms with Crippen LogP contribution in [0.3, 0.4) is 0 Å². The number of benzene rings is 1. The summed E-state index contributed by atoms with van der Waals surface area (Å²) in [5.74, 6) is 0.518. The van der Waals surface area contributed by atoms with Crippen molar-refractivity contribution < 1.29 is 4.79 Å². The number of carbonyl (C=O) groups is 1.